The number of likely N-dealkylation sites (tertiary alicyclic amines) is 2. The van der Waals surface area contributed by atoms with Gasteiger partial charge in [-0.05, 0) is 50.2 Å². The number of aliphatic carboxylic acids is 1. The van der Waals surface area contributed by atoms with Crippen molar-refractivity contribution in [3.05, 3.63) is 35.9 Å². The molecule has 2 fully saturated rings. The Morgan fingerprint density at radius 2 is 1.67 bits per heavy atom. The molecule has 6 nitrogen and oxygen atoms in total. The van der Waals surface area contributed by atoms with Crippen LogP contribution in [0, 0.1) is 11.8 Å². The summed E-state index contributed by atoms with van der Waals surface area (Å²) in [6, 6.07) is 9.26. The number of hydrogen-bond donors (Lipinski definition) is 1. The Kier molecular flexibility index (Phi) is 6.48. The average molecular weight is 372 g/mol. The van der Waals surface area contributed by atoms with Gasteiger partial charge in [-0.25, -0.2) is 0 Å². The van der Waals surface area contributed by atoms with Crippen LogP contribution in [0.15, 0.2) is 30.3 Å². The molecule has 146 valence electrons. The molecule has 0 radical (unpaired) electrons. The van der Waals surface area contributed by atoms with Crippen LogP contribution < -0.4 is 0 Å². The highest BCUT2D eigenvalue weighted by Gasteiger charge is 2.32. The first-order chi connectivity index (χ1) is 13.0. The largest absolute Gasteiger partial charge is 0.481 e. The molecular formula is C21H28N2O4. The van der Waals surface area contributed by atoms with Gasteiger partial charge in [0.25, 0.3) is 5.91 Å². The fraction of sp³-hybridized carbons (Fsp3) is 0.571. The Morgan fingerprint density at radius 3 is 2.33 bits per heavy atom. The fourth-order valence-electron chi connectivity index (χ4n) is 4.18. The molecule has 1 aromatic carbocycles. The van der Waals surface area contributed by atoms with Gasteiger partial charge in [0.1, 0.15) is 0 Å². The van der Waals surface area contributed by atoms with Crippen molar-refractivity contribution in [2.75, 3.05) is 26.2 Å². The summed E-state index contributed by atoms with van der Waals surface area (Å²) in [5.74, 6) is -0.287. The van der Waals surface area contributed by atoms with Gasteiger partial charge in [-0.15, -0.1) is 0 Å². The molecule has 2 aliphatic heterocycles. The van der Waals surface area contributed by atoms with Gasteiger partial charge in [-0.2, -0.15) is 0 Å². The Bertz CT molecular complexity index is 668. The third-order valence-corrected chi connectivity index (χ3v) is 5.75. The van der Waals surface area contributed by atoms with E-state index in [1.54, 1.807) is 0 Å². The minimum absolute atomic E-state index is 0.0250. The van der Waals surface area contributed by atoms with Crippen molar-refractivity contribution >= 4 is 17.8 Å². The van der Waals surface area contributed by atoms with Crippen LogP contribution in [0.2, 0.25) is 0 Å². The van der Waals surface area contributed by atoms with E-state index < -0.39 is 5.97 Å². The minimum Gasteiger partial charge on any atom is -0.481 e. The Morgan fingerprint density at radius 1 is 0.963 bits per heavy atom. The van der Waals surface area contributed by atoms with E-state index in [-0.39, 0.29) is 24.2 Å². The van der Waals surface area contributed by atoms with Crippen LogP contribution in [-0.2, 0) is 9.59 Å². The Balaban J connectivity index is 1.49. The Labute approximate surface area is 160 Å². The van der Waals surface area contributed by atoms with E-state index in [0.29, 0.717) is 50.4 Å². The topological polar surface area (TPSA) is 77.9 Å². The van der Waals surface area contributed by atoms with E-state index in [9.17, 15) is 14.4 Å². The van der Waals surface area contributed by atoms with Gasteiger partial charge in [0.15, 0.2) is 0 Å². The van der Waals surface area contributed by atoms with Gasteiger partial charge in [0, 0.05) is 44.1 Å². The maximum Gasteiger partial charge on any atom is 0.303 e. The van der Waals surface area contributed by atoms with E-state index >= 15 is 0 Å². The normalized spacial score (nSPS) is 21.1. The standard InChI is InChI=1S/C21H28N2O4/c24-19(25)9-8-16-5-4-12-23(15-16)21(27)18-10-13-22(14-11-18)20(26)17-6-2-1-3-7-17/h1-3,6-7,16,18H,4-5,8-15H2,(H,24,25). The summed E-state index contributed by atoms with van der Waals surface area (Å²) in [6.07, 6.45) is 4.17. The summed E-state index contributed by atoms with van der Waals surface area (Å²) in [5.41, 5.74) is 0.694. The van der Waals surface area contributed by atoms with E-state index in [4.69, 9.17) is 5.11 Å². The molecule has 1 aromatic rings. The molecule has 2 saturated heterocycles. The lowest BCUT2D eigenvalue weighted by molar-refractivity contribution is -0.139. The lowest BCUT2D eigenvalue weighted by Crippen LogP contribution is -2.47. The van der Waals surface area contributed by atoms with Gasteiger partial charge in [0.05, 0.1) is 0 Å². The molecule has 1 unspecified atom stereocenters. The summed E-state index contributed by atoms with van der Waals surface area (Å²) in [4.78, 5) is 40.0. The summed E-state index contributed by atoms with van der Waals surface area (Å²) in [5, 5.41) is 8.86. The van der Waals surface area contributed by atoms with Gasteiger partial charge in [-0.3, -0.25) is 14.4 Å². The lowest BCUT2D eigenvalue weighted by atomic mass is 9.90. The summed E-state index contributed by atoms with van der Waals surface area (Å²) in [6.45, 7) is 2.67. The number of nitrogens with zero attached hydrogens (tertiary/aromatic N) is 2. The molecule has 2 heterocycles. The third kappa shape index (κ3) is 5.08. The monoisotopic (exact) mass is 372 g/mol. The van der Waals surface area contributed by atoms with Gasteiger partial charge >= 0.3 is 5.97 Å². The van der Waals surface area contributed by atoms with E-state index in [0.717, 1.165) is 19.4 Å². The number of piperidine rings is 2. The summed E-state index contributed by atoms with van der Waals surface area (Å²) >= 11 is 0. The van der Waals surface area contributed by atoms with Crippen LogP contribution in [0.25, 0.3) is 0 Å². The average Bonchev–Trinajstić information content (AvgIpc) is 2.72. The second-order valence-corrected chi connectivity index (χ2v) is 7.66. The number of carbonyl (C=O) groups is 3. The van der Waals surface area contributed by atoms with Crippen LogP contribution in [0.1, 0.15) is 48.9 Å². The predicted octanol–water partition coefficient (Wildman–Crippen LogP) is 2.64. The van der Waals surface area contributed by atoms with Crippen molar-refractivity contribution in [2.24, 2.45) is 11.8 Å². The molecule has 2 amide bonds. The molecule has 0 spiro atoms. The quantitative estimate of drug-likeness (QED) is 0.862. The van der Waals surface area contributed by atoms with E-state index in [1.165, 1.54) is 0 Å². The number of amides is 2. The zero-order valence-electron chi connectivity index (χ0n) is 15.7. The van der Waals surface area contributed by atoms with Crippen LogP contribution in [0.3, 0.4) is 0 Å². The number of carbonyl (C=O) groups excluding carboxylic acids is 2. The first kappa shape index (κ1) is 19.4. The van der Waals surface area contributed by atoms with E-state index in [1.807, 2.05) is 40.1 Å². The van der Waals surface area contributed by atoms with Gasteiger partial charge in [-0.1, -0.05) is 18.2 Å². The highest BCUT2D eigenvalue weighted by molar-refractivity contribution is 5.94. The molecule has 0 saturated carbocycles. The maximum absolute atomic E-state index is 12.9. The molecule has 0 bridgehead atoms. The fourth-order valence-corrected chi connectivity index (χ4v) is 4.18. The molecule has 27 heavy (non-hydrogen) atoms. The molecule has 0 aromatic heterocycles. The molecule has 1 N–H and O–H groups in total. The highest BCUT2D eigenvalue weighted by Crippen LogP contribution is 2.26. The molecule has 1 atom stereocenters. The second kappa shape index (κ2) is 9.02. The van der Waals surface area contributed by atoms with Gasteiger partial charge < -0.3 is 14.9 Å². The molecular weight excluding hydrogens is 344 g/mol. The number of carboxylic acids is 1. The number of hydrogen-bond acceptors (Lipinski definition) is 3. The van der Waals surface area contributed by atoms with Crippen LogP contribution in [0.4, 0.5) is 0 Å². The predicted molar refractivity (Wildman–Crippen MR) is 101 cm³/mol. The van der Waals surface area contributed by atoms with Crippen molar-refractivity contribution in [1.82, 2.24) is 9.80 Å². The molecule has 2 aliphatic rings. The SMILES string of the molecule is O=C(O)CCC1CCCN(C(=O)C2CCN(C(=O)c3ccccc3)CC2)C1. The van der Waals surface area contributed by atoms with E-state index in [2.05, 4.69) is 0 Å². The maximum atomic E-state index is 12.9. The number of benzene rings is 1. The molecule has 6 heteroatoms. The minimum atomic E-state index is -0.770. The molecule has 3 rings (SSSR count). The van der Waals surface area contributed by atoms with Crippen molar-refractivity contribution in [1.29, 1.82) is 0 Å². The first-order valence-electron chi connectivity index (χ1n) is 9.89. The summed E-state index contributed by atoms with van der Waals surface area (Å²) in [7, 11) is 0. The zero-order valence-corrected chi connectivity index (χ0v) is 15.7. The second-order valence-electron chi connectivity index (χ2n) is 7.66. The van der Waals surface area contributed by atoms with Crippen molar-refractivity contribution in [2.45, 2.75) is 38.5 Å². The number of carboxylic acid groups (broad SMARTS) is 1. The van der Waals surface area contributed by atoms with Gasteiger partial charge in [0.2, 0.25) is 5.91 Å². The zero-order chi connectivity index (χ0) is 19.2. The third-order valence-electron chi connectivity index (χ3n) is 5.75. The molecule has 0 aliphatic carbocycles. The van der Waals surface area contributed by atoms with Crippen molar-refractivity contribution in [3.8, 4) is 0 Å². The van der Waals surface area contributed by atoms with Crippen LogP contribution in [-0.4, -0.2) is 58.9 Å². The summed E-state index contributed by atoms with van der Waals surface area (Å²) < 4.78 is 0. The highest BCUT2D eigenvalue weighted by atomic mass is 16.4. The smallest absolute Gasteiger partial charge is 0.303 e. The first-order valence-corrected chi connectivity index (χ1v) is 9.89. The Hall–Kier alpha value is -2.37. The van der Waals surface area contributed by atoms with Crippen LogP contribution >= 0.6 is 0 Å². The lowest BCUT2D eigenvalue weighted by Gasteiger charge is -2.37. The van der Waals surface area contributed by atoms with Crippen LogP contribution in [0.5, 0.6) is 0 Å². The number of rotatable bonds is 5. The van der Waals surface area contributed by atoms with Crippen molar-refractivity contribution < 1.29 is 19.5 Å². The van der Waals surface area contributed by atoms with Crippen molar-refractivity contribution in [3.63, 3.8) is 0 Å².